The molecule has 0 radical (unpaired) electrons. The third kappa shape index (κ3) is 4.54. The molecule has 0 saturated heterocycles. The van der Waals surface area contributed by atoms with E-state index >= 15 is 0 Å². The molecule has 1 heterocycles. The van der Waals surface area contributed by atoms with Crippen LogP contribution >= 0.6 is 22.9 Å². The summed E-state index contributed by atoms with van der Waals surface area (Å²) in [6, 6.07) is 10.0. The number of para-hydroxylation sites is 1. The Morgan fingerprint density at radius 1 is 1.11 bits per heavy atom. The Bertz CT molecular complexity index is 989. The van der Waals surface area contributed by atoms with Crippen LogP contribution in [0.1, 0.15) is 22.3 Å². The average molecular weight is 416 g/mol. The van der Waals surface area contributed by atoms with Crippen LogP contribution in [-0.2, 0) is 11.2 Å². The smallest absolute Gasteiger partial charge is 0.233 e. The van der Waals surface area contributed by atoms with Crippen molar-refractivity contribution >= 4 is 44.2 Å². The highest BCUT2D eigenvalue weighted by molar-refractivity contribution is 7.22. The quantitative estimate of drug-likeness (QED) is 0.567. The van der Waals surface area contributed by atoms with Crippen molar-refractivity contribution in [2.75, 3.05) is 32.1 Å². The first-order valence-electron chi connectivity index (χ1n) is 9.33. The molecule has 148 valence electrons. The van der Waals surface area contributed by atoms with Gasteiger partial charge in [0.15, 0.2) is 5.13 Å². The molecule has 0 aliphatic carbocycles. The summed E-state index contributed by atoms with van der Waals surface area (Å²) in [5.74, 6) is 0.0621. The number of aromatic nitrogens is 1. The van der Waals surface area contributed by atoms with E-state index in [0.29, 0.717) is 23.1 Å². The fourth-order valence-electron chi connectivity index (χ4n) is 3.38. The summed E-state index contributed by atoms with van der Waals surface area (Å²) < 4.78 is 0.993. The van der Waals surface area contributed by atoms with E-state index in [1.165, 1.54) is 16.9 Å². The Labute approximate surface area is 175 Å². The number of aryl methyl sites for hydroxylation is 3. The minimum Gasteiger partial charge on any atom is -0.308 e. The van der Waals surface area contributed by atoms with E-state index in [2.05, 4.69) is 42.8 Å². The lowest BCUT2D eigenvalue weighted by Crippen LogP contribution is -2.37. The average Bonchev–Trinajstić information content (AvgIpc) is 3.03. The molecular weight excluding hydrogens is 390 g/mol. The van der Waals surface area contributed by atoms with Crippen LogP contribution in [0.25, 0.3) is 10.2 Å². The molecular formula is C22H26ClN3OS. The fraction of sp³-hybridized carbons (Fsp3) is 0.364. The number of benzene rings is 2. The van der Waals surface area contributed by atoms with Crippen molar-refractivity contribution < 1.29 is 4.79 Å². The molecule has 1 amide bonds. The molecule has 0 N–H and O–H groups in total. The van der Waals surface area contributed by atoms with Crippen LogP contribution < -0.4 is 4.90 Å². The number of carbonyl (C=O) groups excluding carboxylic acids is 1. The van der Waals surface area contributed by atoms with Crippen molar-refractivity contribution in [2.45, 2.75) is 27.2 Å². The zero-order valence-electron chi connectivity index (χ0n) is 17.0. The van der Waals surface area contributed by atoms with Gasteiger partial charge in [-0.1, -0.05) is 46.7 Å². The first-order valence-corrected chi connectivity index (χ1v) is 10.5. The fourth-order valence-corrected chi connectivity index (χ4v) is 4.69. The van der Waals surface area contributed by atoms with Crippen LogP contribution in [-0.4, -0.2) is 43.0 Å². The van der Waals surface area contributed by atoms with Gasteiger partial charge in [-0.15, -0.1) is 0 Å². The van der Waals surface area contributed by atoms with Crippen LogP contribution in [0, 0.1) is 20.8 Å². The molecule has 0 fully saturated rings. The largest absolute Gasteiger partial charge is 0.308 e. The lowest BCUT2D eigenvalue weighted by atomic mass is 9.97. The van der Waals surface area contributed by atoms with E-state index in [1.54, 1.807) is 4.90 Å². The standard InChI is InChI=1S/C22H26ClN3OS/c1-14-11-15(2)17(16(3)12-14)13-20(27)26(10-9-25(4)5)22-24-21-18(23)7-6-8-19(21)28-22/h6-8,11-12H,9-10,13H2,1-5H3. The number of thiazole rings is 1. The molecule has 0 bridgehead atoms. The van der Waals surface area contributed by atoms with Crippen LogP contribution in [0.2, 0.25) is 5.02 Å². The summed E-state index contributed by atoms with van der Waals surface area (Å²) >= 11 is 7.81. The Balaban J connectivity index is 1.95. The summed E-state index contributed by atoms with van der Waals surface area (Å²) in [6.07, 6.45) is 0.370. The lowest BCUT2D eigenvalue weighted by molar-refractivity contribution is -0.118. The number of hydrogen-bond acceptors (Lipinski definition) is 4. The summed E-state index contributed by atoms with van der Waals surface area (Å²) in [7, 11) is 4.01. The molecule has 0 saturated carbocycles. The zero-order chi connectivity index (χ0) is 20.4. The maximum atomic E-state index is 13.3. The van der Waals surface area contributed by atoms with Gasteiger partial charge in [-0.05, 0) is 63.7 Å². The third-order valence-electron chi connectivity index (χ3n) is 4.83. The minimum absolute atomic E-state index is 0.0621. The molecule has 3 aromatic rings. The number of fused-ring (bicyclic) bond motifs is 1. The molecule has 28 heavy (non-hydrogen) atoms. The van der Waals surface area contributed by atoms with Gasteiger partial charge < -0.3 is 4.90 Å². The molecule has 6 heteroatoms. The molecule has 0 unspecified atom stereocenters. The number of carbonyl (C=O) groups is 1. The van der Waals surface area contributed by atoms with Crippen molar-refractivity contribution in [1.82, 2.24) is 9.88 Å². The second-order valence-electron chi connectivity index (χ2n) is 7.49. The second kappa shape index (κ2) is 8.60. The number of anilines is 1. The first kappa shape index (κ1) is 20.8. The number of rotatable bonds is 6. The molecule has 0 spiro atoms. The van der Waals surface area contributed by atoms with Crippen molar-refractivity contribution in [1.29, 1.82) is 0 Å². The second-order valence-corrected chi connectivity index (χ2v) is 8.90. The molecule has 0 aliphatic rings. The van der Waals surface area contributed by atoms with Crippen LogP contribution in [0.3, 0.4) is 0 Å². The highest BCUT2D eigenvalue weighted by Crippen LogP contribution is 2.33. The Hall–Kier alpha value is -1.95. The van der Waals surface area contributed by atoms with Gasteiger partial charge in [-0.3, -0.25) is 9.69 Å². The maximum Gasteiger partial charge on any atom is 0.233 e. The summed E-state index contributed by atoms with van der Waals surface area (Å²) in [5, 5.41) is 1.32. The third-order valence-corrected chi connectivity index (χ3v) is 6.18. The Morgan fingerprint density at radius 2 is 1.79 bits per heavy atom. The summed E-state index contributed by atoms with van der Waals surface area (Å²) in [5.41, 5.74) is 5.40. The number of amides is 1. The van der Waals surface area contributed by atoms with Gasteiger partial charge in [-0.2, -0.15) is 0 Å². The number of halogens is 1. The topological polar surface area (TPSA) is 36.4 Å². The van der Waals surface area contributed by atoms with E-state index < -0.39 is 0 Å². The van der Waals surface area contributed by atoms with E-state index in [0.717, 1.165) is 33.5 Å². The lowest BCUT2D eigenvalue weighted by Gasteiger charge is -2.23. The molecule has 2 aromatic carbocycles. The molecule has 0 aliphatic heterocycles. The van der Waals surface area contributed by atoms with Crippen LogP contribution in [0.4, 0.5) is 5.13 Å². The highest BCUT2D eigenvalue weighted by atomic mass is 35.5. The van der Waals surface area contributed by atoms with Crippen molar-refractivity contribution in [2.24, 2.45) is 0 Å². The van der Waals surface area contributed by atoms with Crippen molar-refractivity contribution in [3.63, 3.8) is 0 Å². The van der Waals surface area contributed by atoms with Gasteiger partial charge in [0.1, 0.15) is 5.52 Å². The van der Waals surface area contributed by atoms with Gasteiger partial charge in [0.05, 0.1) is 16.1 Å². The predicted molar refractivity (Wildman–Crippen MR) is 120 cm³/mol. The summed E-state index contributed by atoms with van der Waals surface area (Å²) in [6.45, 7) is 7.59. The number of likely N-dealkylation sites (N-methyl/N-ethyl adjacent to an activating group) is 1. The van der Waals surface area contributed by atoms with E-state index in [-0.39, 0.29) is 5.91 Å². The van der Waals surface area contributed by atoms with Gasteiger partial charge in [0, 0.05) is 13.1 Å². The summed E-state index contributed by atoms with van der Waals surface area (Å²) in [4.78, 5) is 21.9. The molecule has 1 aromatic heterocycles. The predicted octanol–water partition coefficient (Wildman–Crippen LogP) is 5.01. The van der Waals surface area contributed by atoms with Crippen LogP contribution in [0.5, 0.6) is 0 Å². The van der Waals surface area contributed by atoms with Gasteiger partial charge in [0.2, 0.25) is 5.91 Å². The molecule has 0 atom stereocenters. The Kier molecular flexibility index (Phi) is 6.38. The van der Waals surface area contributed by atoms with Crippen molar-refractivity contribution in [3.05, 3.63) is 57.6 Å². The minimum atomic E-state index is 0.0621. The zero-order valence-corrected chi connectivity index (χ0v) is 18.6. The first-order chi connectivity index (χ1) is 13.3. The number of hydrogen-bond donors (Lipinski definition) is 0. The van der Waals surface area contributed by atoms with E-state index in [4.69, 9.17) is 11.6 Å². The highest BCUT2D eigenvalue weighted by Gasteiger charge is 2.22. The normalized spacial score (nSPS) is 11.4. The van der Waals surface area contributed by atoms with Crippen molar-refractivity contribution in [3.8, 4) is 0 Å². The van der Waals surface area contributed by atoms with Crippen LogP contribution in [0.15, 0.2) is 30.3 Å². The van der Waals surface area contributed by atoms with E-state index in [1.807, 2.05) is 32.3 Å². The monoisotopic (exact) mass is 415 g/mol. The Morgan fingerprint density at radius 3 is 2.39 bits per heavy atom. The SMILES string of the molecule is Cc1cc(C)c(CC(=O)N(CCN(C)C)c2nc3c(Cl)cccc3s2)c(C)c1. The van der Waals surface area contributed by atoms with Gasteiger partial charge in [0.25, 0.3) is 0 Å². The van der Waals surface area contributed by atoms with Gasteiger partial charge >= 0.3 is 0 Å². The van der Waals surface area contributed by atoms with Gasteiger partial charge in [-0.25, -0.2) is 4.98 Å². The maximum absolute atomic E-state index is 13.3. The molecule has 3 rings (SSSR count). The number of nitrogens with zero attached hydrogens (tertiary/aromatic N) is 3. The van der Waals surface area contributed by atoms with E-state index in [9.17, 15) is 4.79 Å². The molecule has 4 nitrogen and oxygen atoms in total.